The fraction of sp³-hybridized carbons (Fsp3) is 0.857. The zero-order chi connectivity index (χ0) is 9.40. The van der Waals surface area contributed by atoms with Gasteiger partial charge in [-0.15, -0.1) is 0 Å². The number of aliphatic hydroxyl groups is 1. The van der Waals surface area contributed by atoms with Crippen LogP contribution in [0.25, 0.3) is 0 Å². The van der Waals surface area contributed by atoms with E-state index in [1.165, 1.54) is 0 Å². The summed E-state index contributed by atoms with van der Waals surface area (Å²) in [6.07, 6.45) is 1.26. The van der Waals surface area contributed by atoms with Gasteiger partial charge in [0.1, 0.15) is 0 Å². The summed E-state index contributed by atoms with van der Waals surface area (Å²) >= 11 is 0. The molecule has 0 aromatic rings. The molecule has 0 spiro atoms. The Morgan fingerprint density at radius 1 is 1.50 bits per heavy atom. The molecule has 0 amide bonds. The molecular formula is C7H15NO4. The number of hydrogen-bond acceptors (Lipinski definition) is 4. The molecule has 0 aliphatic carbocycles. The molecule has 1 unspecified atom stereocenters. The van der Waals surface area contributed by atoms with Gasteiger partial charge in [0.2, 0.25) is 0 Å². The number of nitrogens with one attached hydrogen (secondary N) is 1. The standard InChI is InChI=1S/C7H15NO4/c9-5-6(4-7(10)11)2-1-3-8-12/h6,8-9,12H,1-5H2,(H,10,11). The second-order valence-electron chi connectivity index (χ2n) is 2.70. The number of carboxylic acids is 1. The SMILES string of the molecule is O=C(O)CC(CO)CCCNO. The van der Waals surface area contributed by atoms with Gasteiger partial charge in [0.15, 0.2) is 0 Å². The monoisotopic (exact) mass is 177 g/mol. The Labute approximate surface area is 71.0 Å². The van der Waals surface area contributed by atoms with Crippen LogP contribution in [-0.4, -0.2) is 34.5 Å². The van der Waals surface area contributed by atoms with Gasteiger partial charge in [-0.3, -0.25) is 4.79 Å². The number of carbonyl (C=O) groups is 1. The molecule has 5 nitrogen and oxygen atoms in total. The average Bonchev–Trinajstić information content (AvgIpc) is 2.02. The maximum absolute atomic E-state index is 10.2. The molecular weight excluding hydrogens is 162 g/mol. The van der Waals surface area contributed by atoms with Crippen molar-refractivity contribution < 1.29 is 20.2 Å². The largest absolute Gasteiger partial charge is 0.481 e. The van der Waals surface area contributed by atoms with Crippen molar-refractivity contribution in [3.8, 4) is 0 Å². The zero-order valence-electron chi connectivity index (χ0n) is 6.86. The molecule has 12 heavy (non-hydrogen) atoms. The second kappa shape index (κ2) is 7.02. The van der Waals surface area contributed by atoms with E-state index in [2.05, 4.69) is 0 Å². The number of aliphatic carboxylic acids is 1. The van der Waals surface area contributed by atoms with Gasteiger partial charge in [0.05, 0.1) is 6.42 Å². The minimum Gasteiger partial charge on any atom is -0.481 e. The molecule has 0 aromatic heterocycles. The lowest BCUT2D eigenvalue weighted by Crippen LogP contribution is -2.15. The molecule has 0 fully saturated rings. The lowest BCUT2D eigenvalue weighted by molar-refractivity contribution is -0.138. The predicted octanol–water partition coefficient (Wildman–Crippen LogP) is -0.171. The number of hydrogen-bond donors (Lipinski definition) is 4. The number of carboxylic acid groups (broad SMARTS) is 1. The van der Waals surface area contributed by atoms with E-state index in [9.17, 15) is 4.79 Å². The molecule has 0 rings (SSSR count). The van der Waals surface area contributed by atoms with Crippen molar-refractivity contribution in [1.82, 2.24) is 5.48 Å². The Bertz CT molecular complexity index is 129. The third-order valence-electron chi connectivity index (χ3n) is 1.62. The van der Waals surface area contributed by atoms with Gasteiger partial charge in [-0.1, -0.05) is 0 Å². The van der Waals surface area contributed by atoms with E-state index in [1.54, 1.807) is 0 Å². The van der Waals surface area contributed by atoms with Gasteiger partial charge in [0.25, 0.3) is 0 Å². The van der Waals surface area contributed by atoms with Gasteiger partial charge in [-0.05, 0) is 18.8 Å². The summed E-state index contributed by atoms with van der Waals surface area (Å²) in [6, 6.07) is 0. The molecule has 0 saturated carbocycles. The lowest BCUT2D eigenvalue weighted by atomic mass is 10.0. The fourth-order valence-corrected chi connectivity index (χ4v) is 0.975. The van der Waals surface area contributed by atoms with Crippen molar-refractivity contribution in [2.45, 2.75) is 19.3 Å². The normalized spacial score (nSPS) is 12.8. The Morgan fingerprint density at radius 2 is 2.17 bits per heavy atom. The second-order valence-corrected chi connectivity index (χ2v) is 2.70. The third-order valence-corrected chi connectivity index (χ3v) is 1.62. The molecule has 0 aliphatic heterocycles. The van der Waals surface area contributed by atoms with Crippen molar-refractivity contribution >= 4 is 5.97 Å². The van der Waals surface area contributed by atoms with Crippen LogP contribution >= 0.6 is 0 Å². The van der Waals surface area contributed by atoms with Crippen molar-refractivity contribution in [3.05, 3.63) is 0 Å². The molecule has 0 radical (unpaired) electrons. The van der Waals surface area contributed by atoms with E-state index >= 15 is 0 Å². The van der Waals surface area contributed by atoms with E-state index in [4.69, 9.17) is 15.4 Å². The summed E-state index contributed by atoms with van der Waals surface area (Å²) in [5, 5.41) is 25.3. The van der Waals surface area contributed by atoms with Crippen molar-refractivity contribution in [2.75, 3.05) is 13.2 Å². The highest BCUT2D eigenvalue weighted by molar-refractivity contribution is 5.66. The minimum atomic E-state index is -0.897. The first-order valence-corrected chi connectivity index (χ1v) is 3.90. The summed E-state index contributed by atoms with van der Waals surface area (Å²) in [5.41, 5.74) is 1.97. The smallest absolute Gasteiger partial charge is 0.303 e. The van der Waals surface area contributed by atoms with Crippen LogP contribution in [0.2, 0.25) is 0 Å². The molecule has 0 heterocycles. The maximum Gasteiger partial charge on any atom is 0.303 e. The first-order valence-electron chi connectivity index (χ1n) is 3.90. The van der Waals surface area contributed by atoms with Crippen LogP contribution in [0.5, 0.6) is 0 Å². The van der Waals surface area contributed by atoms with E-state index in [0.29, 0.717) is 19.4 Å². The Hall–Kier alpha value is -0.650. The molecule has 0 aliphatic rings. The van der Waals surface area contributed by atoms with Crippen LogP contribution in [-0.2, 0) is 4.79 Å². The molecule has 1 atom stereocenters. The first-order chi connectivity index (χ1) is 5.70. The average molecular weight is 177 g/mol. The minimum absolute atomic E-state index is 0.0120. The van der Waals surface area contributed by atoms with Crippen molar-refractivity contribution in [3.63, 3.8) is 0 Å². The first kappa shape index (κ1) is 11.4. The van der Waals surface area contributed by atoms with Crippen LogP contribution in [0, 0.1) is 5.92 Å². The fourth-order valence-electron chi connectivity index (χ4n) is 0.975. The number of rotatable bonds is 7. The number of aliphatic hydroxyl groups excluding tert-OH is 1. The van der Waals surface area contributed by atoms with Crippen molar-refractivity contribution in [1.29, 1.82) is 0 Å². The molecule has 0 aromatic carbocycles. The van der Waals surface area contributed by atoms with Crippen LogP contribution in [0.1, 0.15) is 19.3 Å². The molecule has 5 heteroatoms. The molecule has 72 valence electrons. The summed E-state index contributed by atoms with van der Waals surface area (Å²) in [6.45, 7) is 0.313. The quantitative estimate of drug-likeness (QED) is 0.320. The Morgan fingerprint density at radius 3 is 2.58 bits per heavy atom. The van der Waals surface area contributed by atoms with Gasteiger partial charge in [-0.2, -0.15) is 0 Å². The summed E-state index contributed by atoms with van der Waals surface area (Å²) < 4.78 is 0. The van der Waals surface area contributed by atoms with E-state index in [-0.39, 0.29) is 18.9 Å². The molecule has 0 bridgehead atoms. The van der Waals surface area contributed by atoms with E-state index < -0.39 is 5.97 Å². The van der Waals surface area contributed by atoms with Gasteiger partial charge in [-0.25, -0.2) is 5.48 Å². The predicted molar refractivity (Wildman–Crippen MR) is 41.9 cm³/mol. The van der Waals surface area contributed by atoms with Crippen LogP contribution in [0.15, 0.2) is 0 Å². The van der Waals surface area contributed by atoms with Gasteiger partial charge in [0, 0.05) is 13.2 Å². The van der Waals surface area contributed by atoms with E-state index in [0.717, 1.165) is 0 Å². The number of hydroxylamine groups is 1. The summed E-state index contributed by atoms with van der Waals surface area (Å²) in [7, 11) is 0. The maximum atomic E-state index is 10.2. The van der Waals surface area contributed by atoms with Crippen molar-refractivity contribution in [2.24, 2.45) is 5.92 Å². The van der Waals surface area contributed by atoms with Crippen LogP contribution in [0.4, 0.5) is 0 Å². The van der Waals surface area contributed by atoms with Gasteiger partial charge >= 0.3 is 5.97 Å². The highest BCUT2D eigenvalue weighted by Gasteiger charge is 2.11. The van der Waals surface area contributed by atoms with Gasteiger partial charge < -0.3 is 15.4 Å². The lowest BCUT2D eigenvalue weighted by Gasteiger charge is -2.10. The topological polar surface area (TPSA) is 89.8 Å². The summed E-state index contributed by atoms with van der Waals surface area (Å²) in [4.78, 5) is 10.2. The third kappa shape index (κ3) is 6.09. The summed E-state index contributed by atoms with van der Waals surface area (Å²) in [5.74, 6) is -1.10. The Kier molecular flexibility index (Phi) is 6.64. The molecule has 4 N–H and O–H groups in total. The highest BCUT2D eigenvalue weighted by Crippen LogP contribution is 2.09. The van der Waals surface area contributed by atoms with Crippen LogP contribution in [0.3, 0.4) is 0 Å². The molecule has 0 saturated heterocycles. The van der Waals surface area contributed by atoms with E-state index in [1.807, 2.05) is 5.48 Å². The highest BCUT2D eigenvalue weighted by atomic mass is 16.5. The van der Waals surface area contributed by atoms with Crippen LogP contribution < -0.4 is 5.48 Å². The zero-order valence-corrected chi connectivity index (χ0v) is 6.86. The Balaban J connectivity index is 3.46.